The van der Waals surface area contributed by atoms with Crippen LogP contribution in [0, 0.1) is 18.8 Å². The summed E-state index contributed by atoms with van der Waals surface area (Å²) >= 11 is 0. The highest BCUT2D eigenvalue weighted by Crippen LogP contribution is 2.29. The Morgan fingerprint density at radius 1 is 1.00 bits per heavy atom. The summed E-state index contributed by atoms with van der Waals surface area (Å²) in [7, 11) is 1.93. The van der Waals surface area contributed by atoms with Gasteiger partial charge in [-0.2, -0.15) is 0 Å². The largest absolute Gasteiger partial charge is 0.476 e. The molecule has 2 aromatic heterocycles. The number of nitrogens with zero attached hydrogens (tertiary/aromatic N) is 2. The average molecular weight is 554 g/mol. The van der Waals surface area contributed by atoms with Crippen molar-refractivity contribution < 1.29 is 28.6 Å². The maximum Gasteiger partial charge on any atom is 0.358 e. The summed E-state index contributed by atoms with van der Waals surface area (Å²) in [5.41, 5.74) is 1.68. The van der Waals surface area contributed by atoms with Crippen LogP contribution in [0.5, 0.6) is 5.75 Å². The van der Waals surface area contributed by atoms with Gasteiger partial charge in [0, 0.05) is 36.0 Å². The van der Waals surface area contributed by atoms with Gasteiger partial charge in [0.25, 0.3) is 0 Å². The number of esters is 1. The summed E-state index contributed by atoms with van der Waals surface area (Å²) in [6.07, 6.45) is 2.21. The van der Waals surface area contributed by atoms with E-state index in [0.29, 0.717) is 5.75 Å². The van der Waals surface area contributed by atoms with Crippen molar-refractivity contribution in [2.45, 2.75) is 33.2 Å². The number of oxazole rings is 1. The van der Waals surface area contributed by atoms with Crippen LogP contribution in [0.3, 0.4) is 0 Å². The van der Waals surface area contributed by atoms with E-state index < -0.39 is 35.7 Å². The first-order valence-electron chi connectivity index (χ1n) is 13.4. The maximum absolute atomic E-state index is 13.7. The quantitative estimate of drug-likeness (QED) is 0.138. The number of carboxylic acids is 1. The van der Waals surface area contributed by atoms with Gasteiger partial charge in [0.1, 0.15) is 23.5 Å². The molecular formula is C32H31N3O6. The van der Waals surface area contributed by atoms with Gasteiger partial charge in [-0.15, -0.1) is 0 Å². The molecule has 5 aromatic rings. The van der Waals surface area contributed by atoms with Gasteiger partial charge in [-0.05, 0) is 35.9 Å². The molecule has 1 amide bonds. The number of hydrogen-bond donors (Lipinski definition) is 2. The number of benzene rings is 3. The van der Waals surface area contributed by atoms with Gasteiger partial charge in [-0.25, -0.2) is 9.78 Å². The van der Waals surface area contributed by atoms with Crippen molar-refractivity contribution in [2.75, 3.05) is 0 Å². The van der Waals surface area contributed by atoms with Crippen molar-refractivity contribution in [1.29, 1.82) is 0 Å². The van der Waals surface area contributed by atoms with Crippen LogP contribution in [-0.4, -0.2) is 32.5 Å². The van der Waals surface area contributed by atoms with Crippen molar-refractivity contribution >= 4 is 39.5 Å². The Bertz CT molecular complexity index is 1760. The molecule has 0 unspecified atom stereocenters. The summed E-state index contributed by atoms with van der Waals surface area (Å²) in [6.45, 7) is 5.05. The number of carbonyl (C=O) groups excluding carboxylic acids is 2. The van der Waals surface area contributed by atoms with Crippen molar-refractivity contribution in [3.63, 3.8) is 0 Å². The zero-order valence-corrected chi connectivity index (χ0v) is 23.3. The fourth-order valence-electron chi connectivity index (χ4n) is 5.17. The fraction of sp³-hybridized carbons (Fsp3) is 0.250. The molecule has 2 N–H and O–H groups in total. The van der Waals surface area contributed by atoms with Crippen molar-refractivity contribution in [3.05, 3.63) is 95.8 Å². The van der Waals surface area contributed by atoms with Crippen molar-refractivity contribution in [3.8, 4) is 5.75 Å². The highest BCUT2D eigenvalue weighted by molar-refractivity contribution is 6.00. The summed E-state index contributed by atoms with van der Waals surface area (Å²) in [6, 6.07) is 19.9. The second-order valence-corrected chi connectivity index (χ2v) is 10.4. The Morgan fingerprint density at radius 3 is 2.39 bits per heavy atom. The summed E-state index contributed by atoms with van der Waals surface area (Å²) < 4.78 is 13.5. The van der Waals surface area contributed by atoms with Gasteiger partial charge in [0.05, 0.1) is 0 Å². The number of ether oxygens (including phenoxy) is 1. The van der Waals surface area contributed by atoms with Gasteiger partial charge in [0.15, 0.2) is 5.69 Å². The van der Waals surface area contributed by atoms with Gasteiger partial charge < -0.3 is 24.1 Å². The molecule has 9 heteroatoms. The number of carboxylic acid groups (broad SMARTS) is 1. The van der Waals surface area contributed by atoms with Gasteiger partial charge in [0.2, 0.25) is 11.8 Å². The molecule has 9 nitrogen and oxygen atoms in total. The number of nitrogens with one attached hydrogen (secondary N) is 1. The van der Waals surface area contributed by atoms with Crippen LogP contribution >= 0.6 is 0 Å². The number of aryl methyl sites for hydroxylation is 2. The minimum absolute atomic E-state index is 0.0473. The lowest BCUT2D eigenvalue weighted by Crippen LogP contribution is -2.42. The first-order chi connectivity index (χ1) is 19.6. The molecule has 0 spiro atoms. The Morgan fingerprint density at radius 2 is 1.68 bits per heavy atom. The Labute approximate surface area is 236 Å². The topological polar surface area (TPSA) is 124 Å². The van der Waals surface area contributed by atoms with Gasteiger partial charge in [-0.3, -0.25) is 9.59 Å². The molecule has 0 radical (unpaired) electrons. The number of rotatable bonds is 9. The zero-order chi connectivity index (χ0) is 29.3. The van der Waals surface area contributed by atoms with Crippen molar-refractivity contribution in [1.82, 2.24) is 14.9 Å². The SMILES string of the molecule is Cc1oc([C@@H](Cc2cn(C)c3ccccc23)NC(=O)[C@@H](C(=O)Oc2cccc3ccccc23)C(C)C)nc1C(=O)O. The van der Waals surface area contributed by atoms with Gasteiger partial charge >= 0.3 is 11.9 Å². The summed E-state index contributed by atoms with van der Waals surface area (Å²) in [4.78, 5) is 43.1. The highest BCUT2D eigenvalue weighted by atomic mass is 16.5. The molecule has 0 aliphatic heterocycles. The standard InChI is InChI=1S/C32H31N3O6/c1-18(2)27(32(39)41-26-15-9-11-20-10-5-6-13-23(20)26)29(36)33-24(30-34-28(31(37)38)19(3)40-30)16-21-17-35(4)25-14-8-7-12-22(21)25/h5-15,17-18,24,27H,16H2,1-4H3,(H,33,36)(H,37,38)/t24-,27+/m1/s1. The molecule has 0 bridgehead atoms. The van der Waals surface area contributed by atoms with E-state index >= 15 is 0 Å². The van der Waals surface area contributed by atoms with Crippen LogP contribution in [-0.2, 0) is 23.1 Å². The van der Waals surface area contributed by atoms with E-state index in [1.54, 1.807) is 26.0 Å². The van der Waals surface area contributed by atoms with E-state index in [1.807, 2.05) is 72.4 Å². The smallest absolute Gasteiger partial charge is 0.358 e. The minimum atomic E-state index is -1.23. The first kappa shape index (κ1) is 27.6. The molecular weight excluding hydrogens is 522 g/mol. The monoisotopic (exact) mass is 553 g/mol. The summed E-state index contributed by atoms with van der Waals surface area (Å²) in [5.74, 6) is -3.47. The van der Waals surface area contributed by atoms with Crippen LogP contribution < -0.4 is 10.1 Å². The molecule has 210 valence electrons. The molecule has 0 saturated carbocycles. The second kappa shape index (κ2) is 11.3. The summed E-state index contributed by atoms with van der Waals surface area (Å²) in [5, 5.41) is 15.1. The third-order valence-corrected chi connectivity index (χ3v) is 7.20. The number of carbonyl (C=O) groups is 3. The van der Waals surface area contributed by atoms with Crippen molar-refractivity contribution in [2.24, 2.45) is 18.9 Å². The van der Waals surface area contributed by atoms with Crippen LogP contribution in [0.1, 0.15) is 47.6 Å². The van der Waals surface area contributed by atoms with Crippen LogP contribution in [0.15, 0.2) is 77.3 Å². The maximum atomic E-state index is 13.7. The molecule has 5 rings (SSSR count). The molecule has 41 heavy (non-hydrogen) atoms. The molecule has 0 saturated heterocycles. The lowest BCUT2D eigenvalue weighted by molar-refractivity contribution is -0.147. The third-order valence-electron chi connectivity index (χ3n) is 7.20. The lowest BCUT2D eigenvalue weighted by Gasteiger charge is -2.22. The van der Waals surface area contributed by atoms with E-state index in [0.717, 1.165) is 27.2 Å². The van der Waals surface area contributed by atoms with E-state index in [-0.39, 0.29) is 23.8 Å². The number of fused-ring (bicyclic) bond motifs is 2. The fourth-order valence-corrected chi connectivity index (χ4v) is 5.17. The highest BCUT2D eigenvalue weighted by Gasteiger charge is 2.35. The van der Waals surface area contributed by atoms with Crippen LogP contribution in [0.2, 0.25) is 0 Å². The minimum Gasteiger partial charge on any atom is -0.476 e. The molecule has 2 atom stereocenters. The lowest BCUT2D eigenvalue weighted by atomic mass is 9.94. The van der Waals surface area contributed by atoms with E-state index in [4.69, 9.17) is 9.15 Å². The molecule has 0 aliphatic rings. The molecule has 0 aliphatic carbocycles. The molecule has 2 heterocycles. The Balaban J connectivity index is 1.46. The predicted molar refractivity (Wildman–Crippen MR) is 154 cm³/mol. The van der Waals surface area contributed by atoms with Crippen LogP contribution in [0.25, 0.3) is 21.7 Å². The Kier molecular flexibility index (Phi) is 7.61. The average Bonchev–Trinajstić information content (AvgIpc) is 3.48. The number of para-hydroxylation sites is 1. The number of amides is 1. The van der Waals surface area contributed by atoms with E-state index in [2.05, 4.69) is 10.3 Å². The first-order valence-corrected chi connectivity index (χ1v) is 13.4. The Hall–Kier alpha value is -4.92. The number of aromatic carboxylic acids is 1. The zero-order valence-electron chi connectivity index (χ0n) is 23.3. The second-order valence-electron chi connectivity index (χ2n) is 10.4. The van der Waals surface area contributed by atoms with E-state index in [9.17, 15) is 19.5 Å². The predicted octanol–water partition coefficient (Wildman–Crippen LogP) is 5.60. The molecule has 0 fully saturated rings. The normalized spacial score (nSPS) is 12.9. The van der Waals surface area contributed by atoms with Gasteiger partial charge in [-0.1, -0.05) is 68.4 Å². The molecule has 3 aromatic carbocycles. The van der Waals surface area contributed by atoms with E-state index in [1.165, 1.54) is 6.92 Å². The number of aromatic nitrogens is 2. The van der Waals surface area contributed by atoms with Crippen LogP contribution in [0.4, 0.5) is 0 Å². The third kappa shape index (κ3) is 5.56. The number of hydrogen-bond acceptors (Lipinski definition) is 6.